The number of nitrogens with one attached hydrogen (secondary N) is 2. The lowest BCUT2D eigenvalue weighted by Crippen LogP contribution is -2.64. The number of aromatic nitrogens is 2. The first-order valence-corrected chi connectivity index (χ1v) is 22.1. The number of nitrogens with zero attached hydrogens (tertiary/aromatic N) is 3. The van der Waals surface area contributed by atoms with Crippen molar-refractivity contribution in [3.63, 3.8) is 0 Å². The number of benzene rings is 1. The highest BCUT2D eigenvalue weighted by atomic mass is 28.3. The summed E-state index contributed by atoms with van der Waals surface area (Å²) in [6.07, 6.45) is 0.916. The van der Waals surface area contributed by atoms with Crippen molar-refractivity contribution in [3.8, 4) is 23.5 Å². The molecule has 11 nitrogen and oxygen atoms in total. The first-order valence-electron chi connectivity index (χ1n) is 15.7. The van der Waals surface area contributed by atoms with Crippen LogP contribution in [0.15, 0.2) is 22.6 Å². The van der Waals surface area contributed by atoms with Crippen molar-refractivity contribution in [3.05, 3.63) is 35.1 Å². The Morgan fingerprint density at radius 1 is 1.00 bits per heavy atom. The van der Waals surface area contributed by atoms with Crippen molar-refractivity contribution in [2.45, 2.75) is 58.5 Å². The summed E-state index contributed by atoms with van der Waals surface area (Å²) in [6, 6.07) is 8.24. The van der Waals surface area contributed by atoms with Crippen LogP contribution in [0.1, 0.15) is 28.1 Å². The molecule has 0 unspecified atom stereocenters. The second-order valence-electron chi connectivity index (χ2n) is 13.2. The van der Waals surface area contributed by atoms with Gasteiger partial charge in [-0.15, -0.1) is 0 Å². The molecule has 0 atom stereocenters. The zero-order valence-electron chi connectivity index (χ0n) is 27.9. The zero-order valence-corrected chi connectivity index (χ0v) is 29.9. The van der Waals surface area contributed by atoms with Gasteiger partial charge in [-0.1, -0.05) is 54.7 Å². The highest BCUT2D eigenvalue weighted by molar-refractivity contribution is 7.03. The number of carbonyl (C=O) groups excluding carboxylic acids is 1. The number of amides is 1. The molecule has 0 radical (unpaired) electrons. The minimum atomic E-state index is -1.60. The third kappa shape index (κ3) is 7.21. The number of ether oxygens (including phenoxy) is 4. The van der Waals surface area contributed by atoms with Gasteiger partial charge in [-0.25, -0.2) is 0 Å². The maximum absolute atomic E-state index is 13.3. The summed E-state index contributed by atoms with van der Waals surface area (Å²) >= 11 is 0. The molecule has 1 amide bonds. The summed E-state index contributed by atoms with van der Waals surface area (Å²) in [5, 5.41) is 9.13. The Balaban J connectivity index is 1.28. The van der Waals surface area contributed by atoms with Gasteiger partial charge in [0.25, 0.3) is 11.9 Å². The van der Waals surface area contributed by atoms with Crippen LogP contribution in [0.4, 0.5) is 11.6 Å². The number of rotatable bonds is 11. The molecule has 2 aromatic heterocycles. The number of furan rings is 1. The highest BCUT2D eigenvalue weighted by Gasteiger charge is 2.41. The van der Waals surface area contributed by atoms with Crippen molar-refractivity contribution in [2.75, 3.05) is 64.2 Å². The minimum Gasteiger partial charge on any atom is -0.479 e. The Morgan fingerprint density at radius 2 is 1.67 bits per heavy atom. The zero-order chi connectivity index (χ0) is 32.4. The van der Waals surface area contributed by atoms with Gasteiger partial charge in [0.05, 0.1) is 43.6 Å². The molecule has 0 saturated carbocycles. The SMILES string of the molecule is COc1nc(NCCCN2CCOCC2)nc(OC)c1NC(=O)c1ccc(Oc2c(C)cc3c(c2C)[Si](C)(C)CC[Si]3(C)C)o1. The van der Waals surface area contributed by atoms with Gasteiger partial charge in [-0.05, 0) is 44.0 Å². The molecule has 45 heavy (non-hydrogen) atoms. The number of anilines is 2. The van der Waals surface area contributed by atoms with Gasteiger partial charge < -0.3 is 34.0 Å². The maximum Gasteiger partial charge on any atom is 0.291 e. The second kappa shape index (κ2) is 13.5. The summed E-state index contributed by atoms with van der Waals surface area (Å²) in [5.74, 6) is 1.34. The van der Waals surface area contributed by atoms with Gasteiger partial charge in [0.2, 0.25) is 17.7 Å². The van der Waals surface area contributed by atoms with Gasteiger partial charge in [-0.2, -0.15) is 9.97 Å². The number of hydrogen-bond donors (Lipinski definition) is 2. The standard InChI is InChI=1S/C32H47N5O6Si2/c1-21-20-24-28(45(7,8)19-18-44(24,5)6)22(2)27(21)43-25-11-10-23(42-25)29(38)34-26-30(39-3)35-32(36-31(26)40-4)33-12-9-13-37-14-16-41-17-15-37/h10-11,20H,9,12-19H2,1-8H3,(H,34,38)(H,33,35,36). The molecule has 13 heteroatoms. The molecular weight excluding hydrogens is 607 g/mol. The van der Waals surface area contributed by atoms with Crippen LogP contribution in [-0.4, -0.2) is 90.5 Å². The number of hydrogen-bond acceptors (Lipinski definition) is 10. The van der Waals surface area contributed by atoms with E-state index < -0.39 is 22.1 Å². The van der Waals surface area contributed by atoms with E-state index in [1.807, 2.05) is 0 Å². The molecule has 0 bridgehead atoms. The third-order valence-corrected chi connectivity index (χ3v) is 16.6. The van der Waals surface area contributed by atoms with Crippen LogP contribution < -0.4 is 35.2 Å². The van der Waals surface area contributed by atoms with Gasteiger partial charge in [-0.3, -0.25) is 9.69 Å². The van der Waals surface area contributed by atoms with Crippen LogP contribution >= 0.6 is 0 Å². The molecule has 1 fully saturated rings. The fourth-order valence-electron chi connectivity index (χ4n) is 6.42. The van der Waals surface area contributed by atoms with Crippen LogP contribution in [-0.2, 0) is 4.74 Å². The van der Waals surface area contributed by atoms with Crippen LogP contribution in [0.2, 0.25) is 38.3 Å². The van der Waals surface area contributed by atoms with Crippen molar-refractivity contribution in [2.24, 2.45) is 0 Å². The second-order valence-corrected chi connectivity index (χ2v) is 22.8. The molecule has 244 valence electrons. The quantitative estimate of drug-likeness (QED) is 0.222. The third-order valence-electron chi connectivity index (χ3n) is 9.00. The Hall–Kier alpha value is -3.40. The molecule has 4 heterocycles. The smallest absolute Gasteiger partial charge is 0.291 e. The van der Waals surface area contributed by atoms with E-state index in [0.29, 0.717) is 12.5 Å². The molecule has 1 saturated heterocycles. The monoisotopic (exact) mass is 653 g/mol. The van der Waals surface area contributed by atoms with Crippen LogP contribution in [0.3, 0.4) is 0 Å². The molecule has 0 spiro atoms. The average molecular weight is 654 g/mol. The summed E-state index contributed by atoms with van der Waals surface area (Å²) in [7, 11) is -0.132. The normalized spacial score (nSPS) is 17.3. The first-order chi connectivity index (χ1) is 21.4. The van der Waals surface area contributed by atoms with Gasteiger partial charge in [0.1, 0.15) is 5.75 Å². The predicted molar refractivity (Wildman–Crippen MR) is 182 cm³/mol. The molecule has 1 aromatic carbocycles. The Bertz CT molecular complexity index is 1510. The first kappa shape index (κ1) is 33.0. The summed E-state index contributed by atoms with van der Waals surface area (Å²) in [4.78, 5) is 24.6. The fourth-order valence-corrected chi connectivity index (χ4v) is 17.4. The van der Waals surface area contributed by atoms with E-state index in [4.69, 9.17) is 23.4 Å². The number of morpholine rings is 1. The van der Waals surface area contributed by atoms with E-state index >= 15 is 0 Å². The van der Waals surface area contributed by atoms with Crippen LogP contribution in [0, 0.1) is 13.8 Å². The number of methoxy groups -OCH3 is 2. The van der Waals surface area contributed by atoms with E-state index in [-0.39, 0.29) is 29.2 Å². The van der Waals surface area contributed by atoms with E-state index in [2.05, 4.69) is 71.6 Å². The summed E-state index contributed by atoms with van der Waals surface area (Å²) in [6.45, 7) is 19.2. The molecule has 2 aliphatic rings. The Morgan fingerprint density at radius 3 is 2.33 bits per heavy atom. The van der Waals surface area contributed by atoms with E-state index in [1.165, 1.54) is 37.1 Å². The van der Waals surface area contributed by atoms with Crippen LogP contribution in [0.25, 0.3) is 0 Å². The molecule has 2 aliphatic heterocycles. The summed E-state index contributed by atoms with van der Waals surface area (Å²) < 4.78 is 28.6. The molecule has 2 N–H and O–H groups in total. The van der Waals surface area contributed by atoms with Crippen molar-refractivity contribution >= 4 is 44.1 Å². The van der Waals surface area contributed by atoms with Gasteiger partial charge >= 0.3 is 0 Å². The Kier molecular flexibility index (Phi) is 9.92. The molecular formula is C32H47N5O6Si2. The van der Waals surface area contributed by atoms with Gasteiger partial charge in [0.15, 0.2) is 11.4 Å². The fraction of sp³-hybridized carbons (Fsp3) is 0.531. The largest absolute Gasteiger partial charge is 0.479 e. The highest BCUT2D eigenvalue weighted by Crippen LogP contribution is 2.36. The van der Waals surface area contributed by atoms with Crippen molar-refractivity contribution in [1.29, 1.82) is 0 Å². The van der Waals surface area contributed by atoms with E-state index in [9.17, 15) is 4.79 Å². The van der Waals surface area contributed by atoms with E-state index in [0.717, 1.165) is 50.6 Å². The molecule has 3 aromatic rings. The molecule has 5 rings (SSSR count). The van der Waals surface area contributed by atoms with E-state index in [1.54, 1.807) is 17.3 Å². The van der Waals surface area contributed by atoms with Crippen LogP contribution in [0.5, 0.6) is 23.5 Å². The number of carbonyl (C=O) groups is 1. The topological polar surface area (TPSA) is 120 Å². The molecule has 0 aliphatic carbocycles. The average Bonchev–Trinajstić information content (AvgIpc) is 3.49. The Labute approximate surface area is 268 Å². The maximum atomic E-state index is 13.3. The minimum absolute atomic E-state index is 0.0796. The summed E-state index contributed by atoms with van der Waals surface area (Å²) in [5.41, 5.74) is 2.50. The lowest BCUT2D eigenvalue weighted by Gasteiger charge is -2.41. The van der Waals surface area contributed by atoms with Crippen molar-refractivity contribution < 1.29 is 28.2 Å². The predicted octanol–water partition coefficient (Wildman–Crippen LogP) is 4.73. The number of fused-ring (bicyclic) bond motifs is 1. The lowest BCUT2D eigenvalue weighted by molar-refractivity contribution is 0.0378. The van der Waals surface area contributed by atoms with Gasteiger partial charge in [0, 0.05) is 25.7 Å². The van der Waals surface area contributed by atoms with Crippen molar-refractivity contribution in [1.82, 2.24) is 14.9 Å². The number of aryl methyl sites for hydroxylation is 1. The lowest BCUT2D eigenvalue weighted by atomic mass is 10.1.